The molecule has 0 bridgehead atoms. The number of rotatable bonds is 6. The maximum absolute atomic E-state index is 13.2. The Morgan fingerprint density at radius 2 is 1.76 bits per heavy atom. The fourth-order valence-corrected chi connectivity index (χ4v) is 5.38. The first kappa shape index (κ1) is 23.3. The number of benzene rings is 3. The highest BCUT2D eigenvalue weighted by Crippen LogP contribution is 2.24. The lowest BCUT2D eigenvalue weighted by Gasteiger charge is -2.13. The smallest absolute Gasteiger partial charge is 0.268 e. The summed E-state index contributed by atoms with van der Waals surface area (Å²) >= 11 is 11.4. The lowest BCUT2D eigenvalue weighted by molar-refractivity contribution is 0.589. The van der Waals surface area contributed by atoms with Gasteiger partial charge < -0.3 is 10.6 Å². The second-order valence-electron chi connectivity index (χ2n) is 7.91. The third-order valence-corrected chi connectivity index (χ3v) is 7.62. The van der Waals surface area contributed by atoms with Crippen LogP contribution in [0.5, 0.6) is 0 Å². The number of nitrogens with one attached hydrogen (secondary N) is 2. The summed E-state index contributed by atoms with van der Waals surface area (Å²) in [7, 11) is -3.67. The van der Waals surface area contributed by atoms with Crippen LogP contribution in [0.4, 0.5) is 5.69 Å². The molecule has 0 aliphatic rings. The molecule has 0 saturated heterocycles. The zero-order valence-electron chi connectivity index (χ0n) is 18.3. The van der Waals surface area contributed by atoms with Gasteiger partial charge in [0.15, 0.2) is 5.11 Å². The van der Waals surface area contributed by atoms with E-state index in [1.165, 1.54) is 3.97 Å². The van der Waals surface area contributed by atoms with Crippen LogP contribution in [0.3, 0.4) is 0 Å². The number of aromatic nitrogens is 1. The molecule has 4 aromatic rings. The van der Waals surface area contributed by atoms with Crippen molar-refractivity contribution in [2.45, 2.75) is 25.2 Å². The minimum absolute atomic E-state index is 0.270. The summed E-state index contributed by atoms with van der Waals surface area (Å²) in [5.41, 5.74) is 4.59. The standard InChI is InChI=1S/C25H24ClN3O2S2/c1-17-3-8-22(9-4-17)33(30,31)29-14-12-20-6-5-19(16-24(20)29)11-13-27-25(32)28-23-10-7-21(26)15-18(23)2/h3-10,12,14-16H,11,13H2,1-2H3,(H2,27,28,32). The van der Waals surface area contributed by atoms with E-state index in [1.807, 2.05) is 56.3 Å². The van der Waals surface area contributed by atoms with Gasteiger partial charge in [0, 0.05) is 28.8 Å². The molecule has 0 saturated carbocycles. The number of halogens is 1. The highest BCUT2D eigenvalue weighted by atomic mass is 35.5. The van der Waals surface area contributed by atoms with Gasteiger partial charge in [0.1, 0.15) is 0 Å². The summed E-state index contributed by atoms with van der Waals surface area (Å²) in [6.45, 7) is 4.50. The molecule has 1 aromatic heterocycles. The molecule has 3 aromatic carbocycles. The van der Waals surface area contributed by atoms with Crippen LogP contribution in [0, 0.1) is 13.8 Å². The number of fused-ring (bicyclic) bond motifs is 1. The van der Waals surface area contributed by atoms with Gasteiger partial charge in [-0.3, -0.25) is 0 Å². The Morgan fingerprint density at radius 1 is 1.00 bits per heavy atom. The third-order valence-electron chi connectivity index (χ3n) is 5.44. The van der Waals surface area contributed by atoms with Crippen molar-refractivity contribution in [1.29, 1.82) is 0 Å². The summed E-state index contributed by atoms with van der Waals surface area (Å²) in [5.74, 6) is 0. The van der Waals surface area contributed by atoms with E-state index < -0.39 is 10.0 Å². The summed E-state index contributed by atoms with van der Waals surface area (Å²) in [5, 5.41) is 8.46. The molecule has 2 N–H and O–H groups in total. The van der Waals surface area contributed by atoms with Gasteiger partial charge in [-0.1, -0.05) is 41.4 Å². The Kier molecular flexibility index (Phi) is 6.74. The number of hydrogen-bond acceptors (Lipinski definition) is 3. The number of anilines is 1. The van der Waals surface area contributed by atoms with Crippen LogP contribution in [0.1, 0.15) is 16.7 Å². The van der Waals surface area contributed by atoms with Crippen molar-refractivity contribution in [3.8, 4) is 0 Å². The van der Waals surface area contributed by atoms with Gasteiger partial charge in [-0.05, 0) is 86.1 Å². The van der Waals surface area contributed by atoms with E-state index in [0.29, 0.717) is 28.6 Å². The summed E-state index contributed by atoms with van der Waals surface area (Å²) in [4.78, 5) is 0.270. The van der Waals surface area contributed by atoms with E-state index in [-0.39, 0.29) is 4.90 Å². The van der Waals surface area contributed by atoms with Crippen molar-refractivity contribution in [3.63, 3.8) is 0 Å². The molecule has 0 fully saturated rings. The van der Waals surface area contributed by atoms with E-state index in [9.17, 15) is 8.42 Å². The fraction of sp³-hybridized carbons (Fsp3) is 0.160. The monoisotopic (exact) mass is 497 g/mol. The lowest BCUT2D eigenvalue weighted by atomic mass is 10.1. The average Bonchev–Trinajstić information content (AvgIpc) is 3.20. The maximum atomic E-state index is 13.2. The molecule has 0 atom stereocenters. The Morgan fingerprint density at radius 3 is 2.48 bits per heavy atom. The summed E-state index contributed by atoms with van der Waals surface area (Å²) in [6, 6.07) is 20.2. The second-order valence-corrected chi connectivity index (χ2v) is 10.6. The second kappa shape index (κ2) is 9.55. The van der Waals surface area contributed by atoms with Crippen LogP contribution in [-0.4, -0.2) is 24.0 Å². The highest BCUT2D eigenvalue weighted by molar-refractivity contribution is 7.90. The van der Waals surface area contributed by atoms with Gasteiger partial charge in [-0.25, -0.2) is 12.4 Å². The zero-order chi connectivity index (χ0) is 23.6. The first-order valence-corrected chi connectivity index (χ1v) is 12.7. The molecule has 4 rings (SSSR count). The Balaban J connectivity index is 1.46. The minimum Gasteiger partial charge on any atom is -0.362 e. The molecule has 0 aliphatic heterocycles. The lowest BCUT2D eigenvalue weighted by Crippen LogP contribution is -2.30. The van der Waals surface area contributed by atoms with Gasteiger partial charge in [-0.15, -0.1) is 0 Å². The largest absolute Gasteiger partial charge is 0.362 e. The number of hydrogen-bond donors (Lipinski definition) is 2. The van der Waals surface area contributed by atoms with E-state index >= 15 is 0 Å². The Bertz CT molecular complexity index is 1430. The van der Waals surface area contributed by atoms with Crippen LogP contribution < -0.4 is 10.6 Å². The van der Waals surface area contributed by atoms with E-state index in [1.54, 1.807) is 30.5 Å². The molecule has 5 nitrogen and oxygen atoms in total. The molecular weight excluding hydrogens is 474 g/mol. The normalized spacial score (nSPS) is 11.5. The van der Waals surface area contributed by atoms with Gasteiger partial charge in [-0.2, -0.15) is 0 Å². The average molecular weight is 498 g/mol. The number of aryl methyl sites for hydroxylation is 2. The quantitative estimate of drug-likeness (QED) is 0.336. The third kappa shape index (κ3) is 5.21. The van der Waals surface area contributed by atoms with Crippen molar-refractivity contribution in [2.24, 2.45) is 0 Å². The molecule has 170 valence electrons. The van der Waals surface area contributed by atoms with Crippen molar-refractivity contribution < 1.29 is 8.42 Å². The molecule has 0 spiro atoms. The molecule has 0 amide bonds. The number of nitrogens with zero attached hydrogens (tertiary/aromatic N) is 1. The zero-order valence-corrected chi connectivity index (χ0v) is 20.7. The molecule has 0 radical (unpaired) electrons. The number of thiocarbonyl (C=S) groups is 1. The van der Waals surface area contributed by atoms with E-state index in [4.69, 9.17) is 23.8 Å². The molecule has 1 heterocycles. The van der Waals surface area contributed by atoms with Gasteiger partial charge in [0.2, 0.25) is 0 Å². The van der Waals surface area contributed by atoms with Crippen molar-refractivity contribution in [3.05, 3.63) is 94.6 Å². The molecule has 0 aliphatic carbocycles. The molecule has 33 heavy (non-hydrogen) atoms. The topological polar surface area (TPSA) is 63.1 Å². The molecule has 8 heteroatoms. The van der Waals surface area contributed by atoms with Gasteiger partial charge in [0.05, 0.1) is 10.4 Å². The van der Waals surface area contributed by atoms with E-state index in [0.717, 1.165) is 27.8 Å². The van der Waals surface area contributed by atoms with Crippen LogP contribution in [0.15, 0.2) is 77.8 Å². The van der Waals surface area contributed by atoms with Crippen LogP contribution in [0.2, 0.25) is 5.02 Å². The van der Waals surface area contributed by atoms with Crippen LogP contribution in [0.25, 0.3) is 10.9 Å². The first-order valence-electron chi connectivity index (χ1n) is 10.5. The van der Waals surface area contributed by atoms with Crippen molar-refractivity contribution in [1.82, 2.24) is 9.29 Å². The first-order chi connectivity index (χ1) is 15.7. The van der Waals surface area contributed by atoms with Crippen LogP contribution >= 0.6 is 23.8 Å². The van der Waals surface area contributed by atoms with Crippen molar-refractivity contribution >= 4 is 55.5 Å². The minimum atomic E-state index is -3.67. The Labute approximate surface area is 204 Å². The molecule has 0 unspecified atom stereocenters. The fourth-order valence-electron chi connectivity index (χ4n) is 3.59. The predicted molar refractivity (Wildman–Crippen MR) is 140 cm³/mol. The van der Waals surface area contributed by atoms with Gasteiger partial charge in [0.25, 0.3) is 10.0 Å². The van der Waals surface area contributed by atoms with Gasteiger partial charge >= 0.3 is 0 Å². The van der Waals surface area contributed by atoms with Crippen molar-refractivity contribution in [2.75, 3.05) is 11.9 Å². The Hall–Kier alpha value is -2.87. The summed E-state index contributed by atoms with van der Waals surface area (Å²) < 4.78 is 27.7. The summed E-state index contributed by atoms with van der Waals surface area (Å²) in [6.07, 6.45) is 2.29. The highest BCUT2D eigenvalue weighted by Gasteiger charge is 2.18. The van der Waals surface area contributed by atoms with Crippen LogP contribution in [-0.2, 0) is 16.4 Å². The predicted octanol–water partition coefficient (Wildman–Crippen LogP) is 5.68. The SMILES string of the molecule is Cc1ccc(S(=O)(=O)n2ccc3ccc(CCNC(=S)Nc4ccc(Cl)cc4C)cc32)cc1. The maximum Gasteiger partial charge on any atom is 0.268 e. The van der Waals surface area contributed by atoms with E-state index in [2.05, 4.69) is 10.6 Å². The molecular formula is C25H24ClN3O2S2.